The number of ketones is 1. The Bertz CT molecular complexity index is 900. The third kappa shape index (κ3) is 4.40. The molecule has 2 aliphatic heterocycles. The molecule has 0 aliphatic carbocycles. The smallest absolute Gasteiger partial charge is 0.271 e. The highest BCUT2D eigenvalue weighted by atomic mass is 35.5. The third-order valence-electron chi connectivity index (χ3n) is 6.17. The van der Waals surface area contributed by atoms with Gasteiger partial charge in [-0.05, 0) is 50.2 Å². The van der Waals surface area contributed by atoms with Crippen LogP contribution in [0.4, 0.5) is 5.69 Å². The summed E-state index contributed by atoms with van der Waals surface area (Å²) in [7, 11) is 0. The molecule has 30 heavy (non-hydrogen) atoms. The third-order valence-corrected chi connectivity index (χ3v) is 6.42. The Morgan fingerprint density at radius 3 is 2.37 bits per heavy atom. The van der Waals surface area contributed by atoms with E-state index in [2.05, 4.69) is 21.9 Å². The van der Waals surface area contributed by atoms with Gasteiger partial charge in [-0.15, -0.1) is 0 Å². The Kier molecular flexibility index (Phi) is 6.44. The standard InChI is InChI=1S/C23H29ClN4O2/c1-2-26-12-8-20-21(29)9-13-28(23(30)22(20)26)11-3-10-25-14-16-27(17-15-25)19-6-4-18(24)5-7-19/h4-8,12H,2-3,9-11,13-17H2,1H3. The predicted octanol–water partition coefficient (Wildman–Crippen LogP) is 3.40. The lowest BCUT2D eigenvalue weighted by atomic mass is 10.1. The summed E-state index contributed by atoms with van der Waals surface area (Å²) < 4.78 is 1.89. The summed E-state index contributed by atoms with van der Waals surface area (Å²) >= 11 is 5.99. The van der Waals surface area contributed by atoms with Crippen molar-refractivity contribution in [2.24, 2.45) is 0 Å². The Hall–Kier alpha value is -2.31. The van der Waals surface area contributed by atoms with E-state index in [1.165, 1.54) is 5.69 Å². The number of carbonyl (C=O) groups is 2. The van der Waals surface area contributed by atoms with Crippen molar-refractivity contribution >= 4 is 29.0 Å². The lowest BCUT2D eigenvalue weighted by Gasteiger charge is -2.36. The summed E-state index contributed by atoms with van der Waals surface area (Å²) in [5.74, 6) is 0.0710. The monoisotopic (exact) mass is 428 g/mol. The second-order valence-corrected chi connectivity index (χ2v) is 8.42. The molecule has 1 aromatic carbocycles. The molecule has 0 spiro atoms. The number of aryl methyl sites for hydroxylation is 1. The molecule has 1 fully saturated rings. The SMILES string of the molecule is CCn1ccc2c1C(=O)N(CCCN1CCN(c3ccc(Cl)cc3)CC1)CCC2=O. The number of anilines is 1. The Morgan fingerprint density at radius 2 is 1.67 bits per heavy atom. The first kappa shape index (κ1) is 20.9. The maximum atomic E-state index is 13.1. The van der Waals surface area contributed by atoms with Gasteiger partial charge >= 0.3 is 0 Å². The van der Waals surface area contributed by atoms with Crippen molar-refractivity contribution in [1.29, 1.82) is 0 Å². The lowest BCUT2D eigenvalue weighted by Crippen LogP contribution is -2.47. The molecule has 1 saturated heterocycles. The van der Waals surface area contributed by atoms with Crippen LogP contribution in [0.15, 0.2) is 36.5 Å². The molecule has 1 amide bonds. The van der Waals surface area contributed by atoms with Crippen LogP contribution in [-0.4, -0.2) is 71.9 Å². The molecule has 0 radical (unpaired) electrons. The maximum Gasteiger partial charge on any atom is 0.271 e. The van der Waals surface area contributed by atoms with E-state index in [9.17, 15) is 9.59 Å². The number of fused-ring (bicyclic) bond motifs is 1. The van der Waals surface area contributed by atoms with Crippen molar-refractivity contribution in [2.45, 2.75) is 26.3 Å². The van der Waals surface area contributed by atoms with E-state index in [4.69, 9.17) is 11.6 Å². The number of amides is 1. The number of hydrogen-bond donors (Lipinski definition) is 0. The number of carbonyl (C=O) groups excluding carboxylic acids is 2. The number of rotatable bonds is 6. The molecule has 4 rings (SSSR count). The molecular formula is C23H29ClN4O2. The van der Waals surface area contributed by atoms with Gasteiger partial charge in [0.05, 0.1) is 0 Å². The highest BCUT2D eigenvalue weighted by Crippen LogP contribution is 2.22. The maximum absolute atomic E-state index is 13.1. The minimum Gasteiger partial charge on any atom is -0.369 e. The first-order valence-corrected chi connectivity index (χ1v) is 11.2. The van der Waals surface area contributed by atoms with Crippen LogP contribution in [0.2, 0.25) is 5.02 Å². The minimum atomic E-state index is -0.00439. The van der Waals surface area contributed by atoms with E-state index in [0.717, 1.165) is 44.2 Å². The van der Waals surface area contributed by atoms with Gasteiger partial charge in [-0.3, -0.25) is 14.5 Å². The van der Waals surface area contributed by atoms with Crippen molar-refractivity contribution in [2.75, 3.05) is 50.7 Å². The molecule has 6 nitrogen and oxygen atoms in total. The van der Waals surface area contributed by atoms with Crippen LogP contribution < -0.4 is 4.90 Å². The molecular weight excluding hydrogens is 400 g/mol. The summed E-state index contributed by atoms with van der Waals surface area (Å²) in [4.78, 5) is 32.2. The molecule has 0 N–H and O–H groups in total. The zero-order chi connectivity index (χ0) is 21.1. The fraction of sp³-hybridized carbons (Fsp3) is 0.478. The van der Waals surface area contributed by atoms with Crippen LogP contribution in [-0.2, 0) is 6.54 Å². The Morgan fingerprint density at radius 1 is 0.933 bits per heavy atom. The summed E-state index contributed by atoms with van der Waals surface area (Å²) in [6.45, 7) is 8.87. The number of Topliss-reactive ketones (excluding diaryl/α,β-unsaturated/α-hetero) is 1. The van der Waals surface area contributed by atoms with E-state index in [0.29, 0.717) is 37.3 Å². The number of aromatic nitrogens is 1. The molecule has 2 aromatic rings. The van der Waals surface area contributed by atoms with Crippen LogP contribution in [0.25, 0.3) is 0 Å². The van der Waals surface area contributed by atoms with Crippen molar-refractivity contribution in [1.82, 2.24) is 14.4 Å². The molecule has 1 aromatic heterocycles. The topological polar surface area (TPSA) is 48.8 Å². The fourth-order valence-corrected chi connectivity index (χ4v) is 4.53. The first-order valence-electron chi connectivity index (χ1n) is 10.8. The zero-order valence-electron chi connectivity index (χ0n) is 17.5. The van der Waals surface area contributed by atoms with Crippen LogP contribution in [0.5, 0.6) is 0 Å². The molecule has 3 heterocycles. The quantitative estimate of drug-likeness (QED) is 0.707. The fourth-order valence-electron chi connectivity index (χ4n) is 4.40. The minimum absolute atomic E-state index is 0.00439. The van der Waals surface area contributed by atoms with Gasteiger partial charge in [0.1, 0.15) is 5.69 Å². The van der Waals surface area contributed by atoms with Gasteiger partial charge in [-0.2, -0.15) is 0 Å². The summed E-state index contributed by atoms with van der Waals surface area (Å²) in [5, 5.41) is 0.764. The van der Waals surface area contributed by atoms with Crippen LogP contribution in [0, 0.1) is 0 Å². The van der Waals surface area contributed by atoms with Crippen molar-refractivity contribution in [3.05, 3.63) is 52.8 Å². The average molecular weight is 429 g/mol. The normalized spacial score (nSPS) is 17.9. The second kappa shape index (κ2) is 9.23. The molecule has 0 saturated carbocycles. The number of piperazine rings is 1. The lowest BCUT2D eigenvalue weighted by molar-refractivity contribution is 0.0740. The number of hydrogen-bond acceptors (Lipinski definition) is 4. The number of nitrogens with zero attached hydrogens (tertiary/aromatic N) is 4. The van der Waals surface area contributed by atoms with E-state index in [1.54, 1.807) is 6.07 Å². The van der Waals surface area contributed by atoms with Gasteiger partial charge in [0.25, 0.3) is 5.91 Å². The number of halogens is 1. The summed E-state index contributed by atoms with van der Waals surface area (Å²) in [6.07, 6.45) is 3.18. The number of benzene rings is 1. The molecule has 0 bridgehead atoms. The first-order chi connectivity index (χ1) is 14.6. The van der Waals surface area contributed by atoms with Gasteiger partial charge in [-0.25, -0.2) is 0 Å². The van der Waals surface area contributed by atoms with Gasteiger partial charge in [0, 0.05) is 74.7 Å². The van der Waals surface area contributed by atoms with Crippen molar-refractivity contribution in [3.63, 3.8) is 0 Å². The largest absolute Gasteiger partial charge is 0.369 e. The molecule has 7 heteroatoms. The average Bonchev–Trinajstić information content (AvgIpc) is 3.16. The van der Waals surface area contributed by atoms with E-state index < -0.39 is 0 Å². The molecule has 0 unspecified atom stereocenters. The summed E-state index contributed by atoms with van der Waals surface area (Å²) in [5.41, 5.74) is 2.37. The Balaban J connectivity index is 1.28. The van der Waals surface area contributed by atoms with Gasteiger partial charge in [0.15, 0.2) is 5.78 Å². The van der Waals surface area contributed by atoms with Crippen molar-refractivity contribution < 1.29 is 9.59 Å². The highest BCUT2D eigenvalue weighted by molar-refractivity contribution is 6.30. The molecule has 160 valence electrons. The van der Waals surface area contributed by atoms with Crippen LogP contribution >= 0.6 is 11.6 Å². The van der Waals surface area contributed by atoms with E-state index in [-0.39, 0.29) is 11.7 Å². The highest BCUT2D eigenvalue weighted by Gasteiger charge is 2.29. The predicted molar refractivity (Wildman–Crippen MR) is 120 cm³/mol. The molecule has 2 aliphatic rings. The van der Waals surface area contributed by atoms with Crippen LogP contribution in [0.3, 0.4) is 0 Å². The van der Waals surface area contributed by atoms with E-state index in [1.807, 2.05) is 34.7 Å². The zero-order valence-corrected chi connectivity index (χ0v) is 18.3. The summed E-state index contributed by atoms with van der Waals surface area (Å²) in [6, 6.07) is 9.82. The second-order valence-electron chi connectivity index (χ2n) is 7.99. The van der Waals surface area contributed by atoms with Crippen LogP contribution in [0.1, 0.15) is 40.6 Å². The molecule has 0 atom stereocenters. The van der Waals surface area contributed by atoms with E-state index >= 15 is 0 Å². The van der Waals surface area contributed by atoms with Gasteiger partial charge < -0.3 is 14.4 Å². The van der Waals surface area contributed by atoms with Gasteiger partial charge in [0.2, 0.25) is 0 Å². The Labute approximate surface area is 183 Å². The van der Waals surface area contributed by atoms with Crippen molar-refractivity contribution in [3.8, 4) is 0 Å². The van der Waals surface area contributed by atoms with Gasteiger partial charge in [-0.1, -0.05) is 11.6 Å².